The van der Waals surface area contributed by atoms with E-state index >= 15 is 0 Å². The minimum Gasteiger partial charge on any atom is -0.356 e. The Morgan fingerprint density at radius 1 is 1.05 bits per heavy atom. The number of Topliss-reactive ketones (excluding diaryl/α,β-unsaturated/α-hetero) is 1. The van der Waals surface area contributed by atoms with Gasteiger partial charge in [0.2, 0.25) is 23.5 Å². The molecule has 2 aliphatic heterocycles. The number of benzene rings is 1. The maximum Gasteiger partial charge on any atom is 0.289 e. The van der Waals surface area contributed by atoms with Crippen LogP contribution in [0.25, 0.3) is 0 Å². The SMILES string of the molecule is CC1(C)[C@@H]2[C@@H](C(=O)N[C@@H](C[C@@H]3CCNC3=O)C(=O)C(=O)NC3CC3)N(C(=O)C3(c4ccccc4)CCCC3)C[C@@H]21. The number of carbonyl (C=O) groups excluding carboxylic acids is 5. The summed E-state index contributed by atoms with van der Waals surface area (Å²) in [5, 5.41) is 8.38. The van der Waals surface area contributed by atoms with E-state index in [0.29, 0.717) is 19.5 Å². The smallest absolute Gasteiger partial charge is 0.289 e. The fraction of sp³-hybridized carbons (Fsp3) is 0.645. The number of rotatable bonds is 9. The summed E-state index contributed by atoms with van der Waals surface area (Å²) >= 11 is 0. The zero-order valence-corrected chi connectivity index (χ0v) is 23.4. The second-order valence-corrected chi connectivity index (χ2v) is 13.2. The van der Waals surface area contributed by atoms with E-state index < -0.39 is 41.0 Å². The molecule has 9 heteroatoms. The predicted molar refractivity (Wildman–Crippen MR) is 147 cm³/mol. The lowest BCUT2D eigenvalue weighted by Crippen LogP contribution is -2.58. The van der Waals surface area contributed by atoms with Gasteiger partial charge in [-0.3, -0.25) is 24.0 Å². The van der Waals surface area contributed by atoms with Crippen molar-refractivity contribution >= 4 is 29.4 Å². The van der Waals surface area contributed by atoms with E-state index in [9.17, 15) is 24.0 Å². The van der Waals surface area contributed by atoms with Gasteiger partial charge in [0.25, 0.3) is 5.91 Å². The predicted octanol–water partition coefficient (Wildman–Crippen LogP) is 1.84. The third kappa shape index (κ3) is 4.61. The summed E-state index contributed by atoms with van der Waals surface area (Å²) in [4.78, 5) is 68.6. The topological polar surface area (TPSA) is 125 Å². The number of piperidine rings is 1. The van der Waals surface area contributed by atoms with Crippen LogP contribution in [-0.2, 0) is 29.4 Å². The minimum atomic E-state index is -1.12. The largest absolute Gasteiger partial charge is 0.356 e. The van der Waals surface area contributed by atoms with Crippen LogP contribution in [0.15, 0.2) is 30.3 Å². The summed E-state index contributed by atoms with van der Waals surface area (Å²) in [6.07, 6.45) is 5.70. The molecular weight excluding hydrogens is 508 g/mol. The molecule has 0 bridgehead atoms. The first-order chi connectivity index (χ1) is 19.1. The Labute approximate surface area is 235 Å². The van der Waals surface area contributed by atoms with Gasteiger partial charge in [0.05, 0.1) is 11.5 Å². The Morgan fingerprint density at radius 3 is 2.38 bits per heavy atom. The van der Waals surface area contributed by atoms with Gasteiger partial charge in [0.1, 0.15) is 6.04 Å². The molecule has 0 spiro atoms. The van der Waals surface area contributed by atoms with Crippen molar-refractivity contribution in [2.75, 3.05) is 13.1 Å². The van der Waals surface area contributed by atoms with Crippen LogP contribution >= 0.6 is 0 Å². The van der Waals surface area contributed by atoms with Crippen LogP contribution in [0.3, 0.4) is 0 Å². The van der Waals surface area contributed by atoms with Gasteiger partial charge in [-0.05, 0) is 61.3 Å². The number of amides is 4. The lowest BCUT2D eigenvalue weighted by Gasteiger charge is -2.38. The number of nitrogens with zero attached hydrogens (tertiary/aromatic N) is 1. The Morgan fingerprint density at radius 2 is 1.75 bits per heavy atom. The van der Waals surface area contributed by atoms with Crippen LogP contribution in [-0.4, -0.2) is 65.5 Å². The third-order valence-corrected chi connectivity index (χ3v) is 10.4. The molecule has 0 radical (unpaired) electrons. The number of carbonyl (C=O) groups is 5. The molecule has 3 aliphatic carbocycles. The van der Waals surface area contributed by atoms with Crippen molar-refractivity contribution in [1.29, 1.82) is 0 Å². The highest BCUT2D eigenvalue weighted by atomic mass is 16.2. The second-order valence-electron chi connectivity index (χ2n) is 13.2. The highest BCUT2D eigenvalue weighted by Crippen LogP contribution is 2.65. The zero-order chi connectivity index (χ0) is 28.2. The fourth-order valence-electron chi connectivity index (χ4n) is 7.72. The molecule has 1 aromatic carbocycles. The van der Waals surface area contributed by atoms with E-state index in [1.165, 1.54) is 0 Å². The van der Waals surface area contributed by atoms with E-state index in [0.717, 1.165) is 44.1 Å². The van der Waals surface area contributed by atoms with Crippen LogP contribution < -0.4 is 16.0 Å². The molecule has 5 atom stereocenters. The minimum absolute atomic E-state index is 0.000801. The Bertz CT molecular complexity index is 1220. The lowest BCUT2D eigenvalue weighted by molar-refractivity contribution is -0.146. The van der Waals surface area contributed by atoms with Gasteiger partial charge >= 0.3 is 0 Å². The normalized spacial score (nSPS) is 30.2. The molecule has 2 saturated heterocycles. The molecule has 5 fully saturated rings. The molecule has 4 amide bonds. The fourth-order valence-corrected chi connectivity index (χ4v) is 7.72. The Balaban J connectivity index is 1.26. The van der Waals surface area contributed by atoms with Gasteiger partial charge in [-0.25, -0.2) is 0 Å². The summed E-state index contributed by atoms with van der Waals surface area (Å²) in [5.74, 6) is -2.28. The van der Waals surface area contributed by atoms with Crippen molar-refractivity contribution in [2.45, 2.75) is 88.8 Å². The standard InChI is InChI=1S/C31H40N4O5/c1-30(2)21-17-35(29(40)31(13-6-7-14-31)19-8-4-3-5-9-19)24(23(21)30)27(38)34-22(16-18-12-15-32-26(18)37)25(36)28(39)33-20-10-11-20/h3-5,8-9,18,20-24H,6-7,10-17H2,1-2H3,(H,32,37)(H,33,39)(H,34,38)/t18-,21-,22-,23-,24-/m0/s1. The summed E-state index contributed by atoms with van der Waals surface area (Å²) in [6.45, 7) is 5.27. The van der Waals surface area contributed by atoms with E-state index in [-0.39, 0.29) is 41.5 Å². The Hall–Kier alpha value is -3.23. The number of fused-ring (bicyclic) bond motifs is 1. The van der Waals surface area contributed by atoms with Crippen molar-refractivity contribution in [3.05, 3.63) is 35.9 Å². The maximum atomic E-state index is 14.4. The monoisotopic (exact) mass is 548 g/mol. The average molecular weight is 549 g/mol. The molecule has 40 heavy (non-hydrogen) atoms. The molecular formula is C31H40N4O5. The van der Waals surface area contributed by atoms with Gasteiger partial charge in [-0.15, -0.1) is 0 Å². The molecule has 214 valence electrons. The summed E-state index contributed by atoms with van der Waals surface area (Å²) in [7, 11) is 0. The van der Waals surface area contributed by atoms with Crippen molar-refractivity contribution in [3.63, 3.8) is 0 Å². The number of ketones is 1. The number of likely N-dealkylation sites (tertiary alicyclic amines) is 1. The Kier molecular flexibility index (Phi) is 6.74. The van der Waals surface area contributed by atoms with Gasteiger partial charge < -0.3 is 20.9 Å². The van der Waals surface area contributed by atoms with Gasteiger partial charge in [-0.1, -0.05) is 57.0 Å². The highest BCUT2D eigenvalue weighted by Gasteiger charge is 2.70. The average Bonchev–Trinajstić information content (AvgIpc) is 3.54. The molecule has 3 saturated carbocycles. The maximum absolute atomic E-state index is 14.4. The van der Waals surface area contributed by atoms with Crippen LogP contribution in [0, 0.1) is 23.2 Å². The van der Waals surface area contributed by atoms with Crippen LogP contribution in [0.2, 0.25) is 0 Å². The highest BCUT2D eigenvalue weighted by molar-refractivity contribution is 6.38. The molecule has 2 heterocycles. The summed E-state index contributed by atoms with van der Waals surface area (Å²) in [5.41, 5.74) is 0.249. The van der Waals surface area contributed by atoms with Gasteiger partial charge in [0, 0.05) is 25.0 Å². The first-order valence-electron chi connectivity index (χ1n) is 14.9. The molecule has 3 N–H and O–H groups in total. The first kappa shape index (κ1) is 27.0. The number of hydrogen-bond donors (Lipinski definition) is 3. The van der Waals surface area contributed by atoms with Gasteiger partial charge in [0.15, 0.2) is 0 Å². The van der Waals surface area contributed by atoms with Crippen molar-refractivity contribution in [2.24, 2.45) is 23.2 Å². The van der Waals surface area contributed by atoms with E-state index in [2.05, 4.69) is 29.8 Å². The number of hydrogen-bond acceptors (Lipinski definition) is 5. The molecule has 0 aromatic heterocycles. The van der Waals surface area contributed by atoms with Crippen LogP contribution in [0.1, 0.15) is 70.8 Å². The molecule has 9 nitrogen and oxygen atoms in total. The first-order valence-corrected chi connectivity index (χ1v) is 14.9. The van der Waals surface area contributed by atoms with Gasteiger partial charge in [-0.2, -0.15) is 0 Å². The molecule has 1 aromatic rings. The lowest BCUT2D eigenvalue weighted by atomic mass is 9.77. The molecule has 5 aliphatic rings. The molecule has 6 rings (SSSR count). The molecule has 0 unspecified atom stereocenters. The summed E-state index contributed by atoms with van der Waals surface area (Å²) < 4.78 is 0. The van der Waals surface area contributed by atoms with Crippen LogP contribution in [0.4, 0.5) is 0 Å². The van der Waals surface area contributed by atoms with Crippen molar-refractivity contribution in [3.8, 4) is 0 Å². The van der Waals surface area contributed by atoms with E-state index in [1.54, 1.807) is 4.90 Å². The van der Waals surface area contributed by atoms with E-state index in [4.69, 9.17) is 0 Å². The quantitative estimate of drug-likeness (QED) is 0.406. The number of nitrogens with one attached hydrogen (secondary N) is 3. The summed E-state index contributed by atoms with van der Waals surface area (Å²) in [6, 6.07) is 8.05. The van der Waals surface area contributed by atoms with Crippen LogP contribution in [0.5, 0.6) is 0 Å². The van der Waals surface area contributed by atoms with E-state index in [1.807, 2.05) is 30.3 Å². The van der Waals surface area contributed by atoms with Crippen molar-refractivity contribution < 1.29 is 24.0 Å². The van der Waals surface area contributed by atoms with Crippen molar-refractivity contribution in [1.82, 2.24) is 20.9 Å². The second kappa shape index (κ2) is 10.00. The third-order valence-electron chi connectivity index (χ3n) is 10.4. The zero-order valence-electron chi connectivity index (χ0n) is 23.4.